The highest BCUT2D eigenvalue weighted by molar-refractivity contribution is 7.89. The number of aliphatic carboxylic acids is 1. The van der Waals surface area contributed by atoms with Crippen LogP contribution in [0.4, 0.5) is 18.0 Å². The van der Waals surface area contributed by atoms with Gasteiger partial charge in [0, 0.05) is 6.54 Å². The normalized spacial score (nSPS) is 12.0. The molecule has 0 atom stereocenters. The summed E-state index contributed by atoms with van der Waals surface area (Å²) in [7, 11) is -3.73. The number of nitrogens with zero attached hydrogens (tertiary/aromatic N) is 1. The van der Waals surface area contributed by atoms with Crippen LogP contribution in [0.5, 0.6) is 0 Å². The number of carbonyl (C=O) groups excluding carboxylic acids is 1. The van der Waals surface area contributed by atoms with E-state index in [9.17, 15) is 31.2 Å². The first kappa shape index (κ1) is 18.4. The smallest absolute Gasteiger partial charge is 0.406 e. The first-order valence-corrected chi connectivity index (χ1v) is 6.94. The van der Waals surface area contributed by atoms with Crippen LogP contribution in [0.15, 0.2) is 0 Å². The molecule has 2 amide bonds. The second-order valence-electron chi connectivity index (χ2n) is 3.82. The first-order valence-electron chi connectivity index (χ1n) is 5.22. The van der Waals surface area contributed by atoms with Gasteiger partial charge in [0.2, 0.25) is 10.0 Å². The van der Waals surface area contributed by atoms with E-state index in [1.807, 2.05) is 5.32 Å². The van der Waals surface area contributed by atoms with Crippen LogP contribution in [-0.4, -0.2) is 62.0 Å². The highest BCUT2D eigenvalue weighted by atomic mass is 32.2. The van der Waals surface area contributed by atoms with Crippen LogP contribution in [0.2, 0.25) is 0 Å². The molecule has 0 aliphatic heterocycles. The van der Waals surface area contributed by atoms with Crippen molar-refractivity contribution in [1.29, 1.82) is 0 Å². The van der Waals surface area contributed by atoms with Gasteiger partial charge in [-0.05, 0) is 6.42 Å². The topological polar surface area (TPSA) is 130 Å². The zero-order valence-corrected chi connectivity index (χ0v) is 11.0. The van der Waals surface area contributed by atoms with Gasteiger partial charge in [-0.15, -0.1) is 0 Å². The van der Waals surface area contributed by atoms with Gasteiger partial charge in [0.1, 0.15) is 13.1 Å². The van der Waals surface area contributed by atoms with Gasteiger partial charge in [-0.3, -0.25) is 4.79 Å². The predicted molar refractivity (Wildman–Crippen MR) is 61.3 cm³/mol. The average molecular weight is 321 g/mol. The number of urea groups is 1. The largest absolute Gasteiger partial charge is 0.480 e. The minimum absolute atomic E-state index is 0.0548. The summed E-state index contributed by atoms with van der Waals surface area (Å²) in [5, 5.41) is 15.1. The van der Waals surface area contributed by atoms with Crippen molar-refractivity contribution in [3.63, 3.8) is 0 Å². The zero-order chi connectivity index (χ0) is 16.0. The van der Waals surface area contributed by atoms with Gasteiger partial charge in [0.15, 0.2) is 0 Å². The molecule has 0 heterocycles. The molecule has 4 N–H and O–H groups in total. The van der Waals surface area contributed by atoms with E-state index in [1.165, 1.54) is 0 Å². The molecular weight excluding hydrogens is 307 g/mol. The maximum atomic E-state index is 12.2. The number of sulfonamides is 1. The van der Waals surface area contributed by atoms with Crippen molar-refractivity contribution in [2.45, 2.75) is 12.6 Å². The number of nitrogens with two attached hydrogens (primary N) is 1. The van der Waals surface area contributed by atoms with Gasteiger partial charge < -0.3 is 15.3 Å². The molecule has 0 fully saturated rings. The number of hydrogen-bond acceptors (Lipinski definition) is 4. The second-order valence-corrected chi connectivity index (χ2v) is 5.55. The molecule has 118 valence electrons. The van der Waals surface area contributed by atoms with E-state index < -0.39 is 47.0 Å². The monoisotopic (exact) mass is 321 g/mol. The highest BCUT2D eigenvalue weighted by Gasteiger charge is 2.33. The van der Waals surface area contributed by atoms with Gasteiger partial charge in [0.05, 0.1) is 5.75 Å². The Kier molecular flexibility index (Phi) is 6.72. The minimum Gasteiger partial charge on any atom is -0.480 e. The molecule has 0 aromatic heterocycles. The first-order chi connectivity index (χ1) is 8.91. The number of amides is 2. The van der Waals surface area contributed by atoms with Crippen LogP contribution in [0.1, 0.15) is 6.42 Å². The van der Waals surface area contributed by atoms with E-state index in [-0.39, 0.29) is 17.9 Å². The number of halogens is 3. The molecule has 0 aliphatic rings. The molecular formula is C8H14F3N3O5S. The van der Waals surface area contributed by atoms with Crippen molar-refractivity contribution in [2.24, 2.45) is 5.14 Å². The third kappa shape index (κ3) is 10.4. The zero-order valence-electron chi connectivity index (χ0n) is 10.2. The lowest BCUT2D eigenvalue weighted by molar-refractivity contribution is -0.148. The Morgan fingerprint density at radius 1 is 1.30 bits per heavy atom. The summed E-state index contributed by atoms with van der Waals surface area (Å²) in [6.07, 6.45) is -4.84. The van der Waals surface area contributed by atoms with Gasteiger partial charge in [-0.2, -0.15) is 13.2 Å². The Labute approximate surface area is 112 Å². The predicted octanol–water partition coefficient (Wildman–Crippen LogP) is -0.676. The Morgan fingerprint density at radius 3 is 2.25 bits per heavy atom. The summed E-state index contributed by atoms with van der Waals surface area (Å²) in [6.45, 7) is -3.09. The molecule has 0 rings (SSSR count). The molecule has 0 aromatic rings. The standard InChI is InChI=1S/C8H14F3N3O5S/c9-8(10,11)5-14(4-6(15)16)7(17)13-2-1-3-20(12,18)19/h1-5H2,(H,13,17)(H,15,16)(H2,12,18,19). The van der Waals surface area contributed by atoms with Crippen LogP contribution in [0, 0.1) is 0 Å². The number of carboxylic acids is 1. The molecule has 12 heteroatoms. The Bertz CT molecular complexity index is 451. The molecule has 0 aliphatic carbocycles. The summed E-state index contributed by atoms with van der Waals surface area (Å²) in [4.78, 5) is 21.8. The fourth-order valence-corrected chi connectivity index (χ4v) is 1.71. The van der Waals surface area contributed by atoms with Gasteiger partial charge in [-0.1, -0.05) is 0 Å². The summed E-state index contributed by atoms with van der Waals surface area (Å²) in [5.74, 6) is -2.06. The molecule has 0 unspecified atom stereocenters. The van der Waals surface area contributed by atoms with E-state index in [2.05, 4.69) is 5.14 Å². The summed E-state index contributed by atoms with van der Waals surface area (Å²) >= 11 is 0. The van der Waals surface area contributed by atoms with Crippen LogP contribution in [0.25, 0.3) is 0 Å². The van der Waals surface area contributed by atoms with Crippen LogP contribution >= 0.6 is 0 Å². The molecule has 0 saturated carbocycles. The number of carboxylic acid groups (broad SMARTS) is 1. The number of carbonyl (C=O) groups is 2. The van der Waals surface area contributed by atoms with E-state index >= 15 is 0 Å². The maximum Gasteiger partial charge on any atom is 0.406 e. The molecule has 8 nitrogen and oxygen atoms in total. The van der Waals surface area contributed by atoms with Crippen molar-refractivity contribution in [1.82, 2.24) is 10.2 Å². The third-order valence-electron chi connectivity index (χ3n) is 1.87. The van der Waals surface area contributed by atoms with E-state index in [4.69, 9.17) is 5.11 Å². The average Bonchev–Trinajstić information content (AvgIpc) is 2.19. The van der Waals surface area contributed by atoms with E-state index in [0.29, 0.717) is 0 Å². The maximum absolute atomic E-state index is 12.2. The molecule has 0 aromatic carbocycles. The van der Waals surface area contributed by atoms with E-state index in [1.54, 1.807) is 0 Å². The Hall–Kier alpha value is -1.56. The Morgan fingerprint density at radius 2 is 1.85 bits per heavy atom. The van der Waals surface area contributed by atoms with Crippen molar-refractivity contribution >= 4 is 22.0 Å². The lowest BCUT2D eigenvalue weighted by atomic mass is 10.4. The van der Waals surface area contributed by atoms with Crippen molar-refractivity contribution in [3.05, 3.63) is 0 Å². The number of hydrogen-bond donors (Lipinski definition) is 3. The van der Waals surface area contributed by atoms with Crippen LogP contribution < -0.4 is 10.5 Å². The SMILES string of the molecule is NS(=O)(=O)CCCNC(=O)N(CC(=O)O)CC(F)(F)F. The van der Waals surface area contributed by atoms with Crippen LogP contribution in [-0.2, 0) is 14.8 Å². The summed E-state index contributed by atoms with van der Waals surface area (Å²) < 4.78 is 57.6. The Balaban J connectivity index is 4.37. The summed E-state index contributed by atoms with van der Waals surface area (Å²) in [6, 6.07) is -1.25. The highest BCUT2D eigenvalue weighted by Crippen LogP contribution is 2.16. The van der Waals surface area contributed by atoms with E-state index in [0.717, 1.165) is 0 Å². The molecule has 20 heavy (non-hydrogen) atoms. The molecule has 0 radical (unpaired) electrons. The van der Waals surface area contributed by atoms with Crippen molar-refractivity contribution < 1.29 is 36.3 Å². The van der Waals surface area contributed by atoms with Gasteiger partial charge >= 0.3 is 18.2 Å². The molecule has 0 bridgehead atoms. The quantitative estimate of drug-likeness (QED) is 0.535. The molecule has 0 saturated heterocycles. The number of alkyl halides is 3. The number of primary sulfonamides is 1. The second kappa shape index (κ2) is 7.28. The van der Waals surface area contributed by atoms with Gasteiger partial charge in [0.25, 0.3) is 0 Å². The minimum atomic E-state index is -4.74. The number of rotatable bonds is 7. The van der Waals surface area contributed by atoms with Crippen LogP contribution in [0.3, 0.4) is 0 Å². The van der Waals surface area contributed by atoms with Crippen molar-refractivity contribution in [3.8, 4) is 0 Å². The fraction of sp³-hybridized carbons (Fsp3) is 0.750. The molecule has 0 spiro atoms. The van der Waals surface area contributed by atoms with Gasteiger partial charge in [-0.25, -0.2) is 18.4 Å². The fourth-order valence-electron chi connectivity index (χ4n) is 1.16. The number of nitrogens with one attached hydrogen (secondary N) is 1. The lowest BCUT2D eigenvalue weighted by Gasteiger charge is -2.22. The van der Waals surface area contributed by atoms with Crippen molar-refractivity contribution in [2.75, 3.05) is 25.4 Å². The third-order valence-corrected chi connectivity index (χ3v) is 2.72. The lowest BCUT2D eigenvalue weighted by Crippen LogP contribution is -2.47. The summed E-state index contributed by atoms with van der Waals surface area (Å²) in [5.41, 5.74) is 0.